The van der Waals surface area contributed by atoms with Gasteiger partial charge < -0.3 is 15.1 Å². The van der Waals surface area contributed by atoms with Crippen LogP contribution in [0.5, 0.6) is 0 Å². The van der Waals surface area contributed by atoms with Crippen molar-refractivity contribution < 1.29 is 14.4 Å². The highest BCUT2D eigenvalue weighted by molar-refractivity contribution is 6.00. The molecule has 2 heterocycles. The number of carbonyl (C=O) groups excluding carboxylic acids is 3. The summed E-state index contributed by atoms with van der Waals surface area (Å²) in [4.78, 5) is 44.0. The van der Waals surface area contributed by atoms with Gasteiger partial charge >= 0.3 is 0 Å². The lowest BCUT2D eigenvalue weighted by Crippen LogP contribution is -2.51. The summed E-state index contributed by atoms with van der Waals surface area (Å²) in [5.74, 6) is -0.263. The molecule has 0 spiro atoms. The fourth-order valence-corrected chi connectivity index (χ4v) is 4.87. The van der Waals surface area contributed by atoms with Crippen LogP contribution >= 0.6 is 0 Å². The third-order valence-electron chi connectivity index (χ3n) is 6.88. The predicted molar refractivity (Wildman–Crippen MR) is 132 cm³/mol. The summed E-state index contributed by atoms with van der Waals surface area (Å²) in [6, 6.07) is 19.5. The number of amides is 3. The summed E-state index contributed by atoms with van der Waals surface area (Å²) in [5, 5.41) is 3.01. The second-order valence-electron chi connectivity index (χ2n) is 9.07. The van der Waals surface area contributed by atoms with Crippen LogP contribution in [0.25, 0.3) is 0 Å². The van der Waals surface area contributed by atoms with Crippen molar-refractivity contribution in [3.8, 4) is 0 Å². The van der Waals surface area contributed by atoms with E-state index in [9.17, 15) is 14.4 Å². The molecule has 4 rings (SSSR count). The van der Waals surface area contributed by atoms with E-state index < -0.39 is 0 Å². The van der Waals surface area contributed by atoms with Gasteiger partial charge in [-0.25, -0.2) is 0 Å². The van der Waals surface area contributed by atoms with Crippen molar-refractivity contribution in [2.75, 3.05) is 50.7 Å². The minimum atomic E-state index is -0.314. The Hall–Kier alpha value is -3.19. The molecule has 2 aliphatic rings. The molecule has 2 aromatic carbocycles. The monoisotopic (exact) mass is 462 g/mol. The van der Waals surface area contributed by atoms with Gasteiger partial charge in [-0.3, -0.25) is 19.3 Å². The minimum Gasteiger partial charge on any atom is -0.355 e. The van der Waals surface area contributed by atoms with Crippen LogP contribution in [-0.4, -0.2) is 73.3 Å². The number of rotatable bonds is 8. The van der Waals surface area contributed by atoms with Gasteiger partial charge in [-0.05, 0) is 24.1 Å². The molecule has 180 valence electrons. The van der Waals surface area contributed by atoms with E-state index in [1.54, 1.807) is 4.90 Å². The number of hydrogen-bond acceptors (Lipinski definition) is 4. The van der Waals surface area contributed by atoms with Crippen LogP contribution in [0.4, 0.5) is 5.69 Å². The highest BCUT2D eigenvalue weighted by Crippen LogP contribution is 2.25. The number of para-hydroxylation sites is 1. The molecule has 7 nitrogen and oxygen atoms in total. The van der Waals surface area contributed by atoms with Crippen LogP contribution < -0.4 is 10.2 Å². The van der Waals surface area contributed by atoms with E-state index in [2.05, 4.69) is 17.1 Å². The maximum absolute atomic E-state index is 13.1. The first-order valence-electron chi connectivity index (χ1n) is 12.3. The molecule has 2 fully saturated rings. The Morgan fingerprint density at radius 2 is 1.62 bits per heavy atom. The van der Waals surface area contributed by atoms with Gasteiger partial charge in [0, 0.05) is 57.9 Å². The third kappa shape index (κ3) is 5.65. The van der Waals surface area contributed by atoms with Crippen LogP contribution in [0, 0.1) is 5.92 Å². The average molecular weight is 463 g/mol. The molecule has 1 N–H and O–H groups in total. The summed E-state index contributed by atoms with van der Waals surface area (Å²) in [5.41, 5.74) is 1.92. The van der Waals surface area contributed by atoms with E-state index in [-0.39, 0.29) is 36.0 Å². The van der Waals surface area contributed by atoms with Crippen molar-refractivity contribution in [2.24, 2.45) is 5.92 Å². The zero-order valence-electron chi connectivity index (χ0n) is 19.9. The normalized spacial score (nSPS) is 19.8. The lowest BCUT2D eigenvalue weighted by atomic mass is 9.95. The number of benzene rings is 2. The summed E-state index contributed by atoms with van der Waals surface area (Å²) >= 11 is 0. The standard InChI is InChI=1S/C27H34N4O3/c1-2-24(21-9-5-3-6-10-21)27(34)30-17-15-29(16-18-30)14-13-28-26(33)22-19-25(32)31(20-22)23-11-7-4-8-12-23/h3-12,22,24H,2,13-20H2,1H3,(H,28,33). The fraction of sp³-hybridized carbons (Fsp3) is 0.444. The largest absolute Gasteiger partial charge is 0.355 e. The van der Waals surface area contributed by atoms with E-state index in [4.69, 9.17) is 0 Å². The number of carbonyl (C=O) groups is 3. The molecule has 0 saturated carbocycles. The van der Waals surface area contributed by atoms with Crippen molar-refractivity contribution in [3.63, 3.8) is 0 Å². The van der Waals surface area contributed by atoms with Crippen molar-refractivity contribution in [3.05, 3.63) is 66.2 Å². The minimum absolute atomic E-state index is 0.00646. The first kappa shape index (κ1) is 24.0. The Balaban J connectivity index is 1.19. The Morgan fingerprint density at radius 1 is 0.971 bits per heavy atom. The lowest BCUT2D eigenvalue weighted by molar-refractivity contribution is -0.134. The van der Waals surface area contributed by atoms with Crippen LogP contribution in [0.2, 0.25) is 0 Å². The van der Waals surface area contributed by atoms with Gasteiger partial charge in [-0.1, -0.05) is 55.5 Å². The molecule has 34 heavy (non-hydrogen) atoms. The fourth-order valence-electron chi connectivity index (χ4n) is 4.87. The summed E-state index contributed by atoms with van der Waals surface area (Å²) in [6.07, 6.45) is 1.04. The summed E-state index contributed by atoms with van der Waals surface area (Å²) < 4.78 is 0. The summed E-state index contributed by atoms with van der Waals surface area (Å²) in [6.45, 7) is 6.80. The summed E-state index contributed by atoms with van der Waals surface area (Å²) in [7, 11) is 0. The molecule has 0 aliphatic carbocycles. The highest BCUT2D eigenvalue weighted by atomic mass is 16.2. The molecule has 7 heteroatoms. The zero-order chi connectivity index (χ0) is 23.9. The quantitative estimate of drug-likeness (QED) is 0.654. The molecule has 2 unspecified atom stereocenters. The number of piperazine rings is 1. The topological polar surface area (TPSA) is 73.0 Å². The van der Waals surface area contributed by atoms with E-state index in [1.165, 1.54) is 0 Å². The second kappa shape index (κ2) is 11.3. The smallest absolute Gasteiger partial charge is 0.230 e. The van der Waals surface area contributed by atoms with E-state index in [0.29, 0.717) is 26.2 Å². The Morgan fingerprint density at radius 3 is 2.26 bits per heavy atom. The van der Waals surface area contributed by atoms with Gasteiger partial charge in [-0.2, -0.15) is 0 Å². The first-order chi connectivity index (χ1) is 16.6. The highest BCUT2D eigenvalue weighted by Gasteiger charge is 2.35. The van der Waals surface area contributed by atoms with Crippen molar-refractivity contribution >= 4 is 23.4 Å². The molecule has 3 amide bonds. The molecule has 2 saturated heterocycles. The van der Waals surface area contributed by atoms with Crippen LogP contribution in [0.3, 0.4) is 0 Å². The molecule has 0 radical (unpaired) electrons. The molecular formula is C27H34N4O3. The number of anilines is 1. The lowest BCUT2D eigenvalue weighted by Gasteiger charge is -2.36. The van der Waals surface area contributed by atoms with E-state index in [1.807, 2.05) is 65.6 Å². The predicted octanol–water partition coefficient (Wildman–Crippen LogP) is 2.49. The SMILES string of the molecule is CCC(C(=O)N1CCN(CCNC(=O)C2CC(=O)N(c3ccccc3)C2)CC1)c1ccccc1. The maximum atomic E-state index is 13.1. The molecule has 2 atom stereocenters. The zero-order valence-corrected chi connectivity index (χ0v) is 19.9. The van der Waals surface area contributed by atoms with Crippen molar-refractivity contribution in [2.45, 2.75) is 25.7 Å². The average Bonchev–Trinajstić information content (AvgIpc) is 3.27. The molecule has 2 aliphatic heterocycles. The number of nitrogens with zero attached hydrogens (tertiary/aromatic N) is 3. The number of nitrogens with one attached hydrogen (secondary N) is 1. The van der Waals surface area contributed by atoms with Gasteiger partial charge in [0.15, 0.2) is 0 Å². The van der Waals surface area contributed by atoms with Gasteiger partial charge in [0.2, 0.25) is 17.7 Å². The second-order valence-corrected chi connectivity index (χ2v) is 9.07. The van der Waals surface area contributed by atoms with Gasteiger partial charge in [-0.15, -0.1) is 0 Å². The Kier molecular flexibility index (Phi) is 7.95. The van der Waals surface area contributed by atoms with Gasteiger partial charge in [0.25, 0.3) is 0 Å². The van der Waals surface area contributed by atoms with Gasteiger partial charge in [0.1, 0.15) is 0 Å². The number of hydrogen-bond donors (Lipinski definition) is 1. The first-order valence-corrected chi connectivity index (χ1v) is 12.3. The van der Waals surface area contributed by atoms with E-state index >= 15 is 0 Å². The third-order valence-corrected chi connectivity index (χ3v) is 6.88. The van der Waals surface area contributed by atoms with Crippen LogP contribution in [-0.2, 0) is 14.4 Å². The van der Waals surface area contributed by atoms with Crippen molar-refractivity contribution in [1.29, 1.82) is 0 Å². The Bertz CT molecular complexity index is 974. The van der Waals surface area contributed by atoms with Crippen molar-refractivity contribution in [1.82, 2.24) is 15.1 Å². The Labute approximate surface area is 201 Å². The van der Waals surface area contributed by atoms with Gasteiger partial charge in [0.05, 0.1) is 11.8 Å². The van der Waals surface area contributed by atoms with E-state index in [0.717, 1.165) is 37.3 Å². The molecule has 0 bridgehead atoms. The maximum Gasteiger partial charge on any atom is 0.230 e. The molecule has 2 aromatic rings. The molecular weight excluding hydrogens is 428 g/mol. The van der Waals surface area contributed by atoms with Crippen LogP contribution in [0.15, 0.2) is 60.7 Å². The molecule has 0 aromatic heterocycles. The van der Waals surface area contributed by atoms with Crippen LogP contribution in [0.1, 0.15) is 31.2 Å².